The van der Waals surface area contributed by atoms with Crippen LogP contribution in [0.1, 0.15) is 35.8 Å². The number of halogens is 2. The summed E-state index contributed by atoms with van der Waals surface area (Å²) in [4.78, 5) is 14.0. The van der Waals surface area contributed by atoms with Gasteiger partial charge in [0.05, 0.1) is 31.0 Å². The fourth-order valence-electron chi connectivity index (χ4n) is 6.00. The van der Waals surface area contributed by atoms with E-state index in [0.29, 0.717) is 23.0 Å². The van der Waals surface area contributed by atoms with Crippen molar-refractivity contribution < 1.29 is 13.6 Å². The van der Waals surface area contributed by atoms with Gasteiger partial charge in [0.2, 0.25) is 0 Å². The number of benzene rings is 2. The van der Waals surface area contributed by atoms with Crippen LogP contribution in [0.5, 0.6) is 0 Å². The molecule has 0 radical (unpaired) electrons. The molecule has 1 saturated carbocycles. The third-order valence-corrected chi connectivity index (χ3v) is 8.23. The molecule has 0 spiro atoms. The van der Waals surface area contributed by atoms with Crippen LogP contribution in [-0.2, 0) is 12.1 Å². The number of alkyl halides is 1. The van der Waals surface area contributed by atoms with E-state index in [9.17, 15) is 13.6 Å². The fraction of sp³-hybridized carbons (Fsp3) is 0.345. The molecule has 4 atom stereocenters. The Morgan fingerprint density at radius 2 is 2.00 bits per heavy atom. The van der Waals surface area contributed by atoms with Crippen LogP contribution in [0.3, 0.4) is 0 Å². The molecule has 4 aromatic rings. The summed E-state index contributed by atoms with van der Waals surface area (Å²) >= 11 is 0. The van der Waals surface area contributed by atoms with E-state index >= 15 is 0 Å². The summed E-state index contributed by atoms with van der Waals surface area (Å²) in [5.41, 5.74) is 8.18. The van der Waals surface area contributed by atoms with Crippen LogP contribution in [-0.4, -0.2) is 61.9 Å². The number of nitrogens with zero attached hydrogens (tertiary/aromatic N) is 5. The molecule has 2 aromatic heterocycles. The molecule has 2 aromatic carbocycles. The molecule has 1 aliphatic heterocycles. The van der Waals surface area contributed by atoms with Crippen molar-refractivity contribution in [3.05, 3.63) is 78.0 Å². The Labute approximate surface area is 229 Å². The molecule has 0 bridgehead atoms. The van der Waals surface area contributed by atoms with E-state index in [1.165, 1.54) is 6.07 Å². The SMILES string of the molecule is CC1CC1(NCC1CC(F)CN1C(=N)Cn1nc(C(N)=O)c2cc(-c3ccnnc3)ccc21)c1ccccc1F. The van der Waals surface area contributed by atoms with Crippen LogP contribution in [0.15, 0.2) is 60.9 Å². The van der Waals surface area contributed by atoms with E-state index < -0.39 is 17.6 Å². The van der Waals surface area contributed by atoms with Crippen LogP contribution in [0.4, 0.5) is 8.78 Å². The molecule has 40 heavy (non-hydrogen) atoms. The first kappa shape index (κ1) is 26.0. The molecule has 1 aliphatic carbocycles. The highest BCUT2D eigenvalue weighted by Gasteiger charge is 2.54. The van der Waals surface area contributed by atoms with E-state index in [-0.39, 0.29) is 48.8 Å². The average molecular weight is 545 g/mol. The molecule has 6 rings (SSSR count). The van der Waals surface area contributed by atoms with Crippen molar-refractivity contribution >= 4 is 22.6 Å². The lowest BCUT2D eigenvalue weighted by Crippen LogP contribution is -2.46. The van der Waals surface area contributed by atoms with Gasteiger partial charge >= 0.3 is 0 Å². The Kier molecular flexibility index (Phi) is 6.53. The maximum atomic E-state index is 14.7. The van der Waals surface area contributed by atoms with E-state index in [1.54, 1.807) is 34.1 Å². The number of amides is 1. The normalized spacial score (nSPS) is 24.0. The Hall–Kier alpha value is -4.25. The summed E-state index contributed by atoms with van der Waals surface area (Å²) in [6.45, 7) is 2.62. The van der Waals surface area contributed by atoms with Gasteiger partial charge in [0.1, 0.15) is 17.8 Å². The van der Waals surface area contributed by atoms with Gasteiger partial charge in [0, 0.05) is 41.1 Å². The number of hydrogen-bond acceptors (Lipinski definition) is 6. The van der Waals surface area contributed by atoms with Crippen molar-refractivity contribution in [1.29, 1.82) is 5.41 Å². The highest BCUT2D eigenvalue weighted by molar-refractivity contribution is 6.05. The molecule has 11 heteroatoms. The summed E-state index contributed by atoms with van der Waals surface area (Å²) < 4.78 is 30.9. The lowest BCUT2D eigenvalue weighted by atomic mass is 10.0. The van der Waals surface area contributed by atoms with Gasteiger partial charge in [0.25, 0.3) is 5.91 Å². The number of fused-ring (bicyclic) bond motifs is 1. The Bertz CT molecular complexity index is 1590. The van der Waals surface area contributed by atoms with Crippen molar-refractivity contribution in [3.63, 3.8) is 0 Å². The maximum absolute atomic E-state index is 14.7. The summed E-state index contributed by atoms with van der Waals surface area (Å²) in [5.74, 6) is -0.504. The van der Waals surface area contributed by atoms with E-state index in [2.05, 4.69) is 27.5 Å². The number of primary amides is 1. The zero-order chi connectivity index (χ0) is 28.0. The van der Waals surface area contributed by atoms with Crippen LogP contribution in [0.2, 0.25) is 0 Å². The van der Waals surface area contributed by atoms with Crippen LogP contribution >= 0.6 is 0 Å². The topological polar surface area (TPSA) is 126 Å². The summed E-state index contributed by atoms with van der Waals surface area (Å²) in [7, 11) is 0. The quantitative estimate of drug-likeness (QED) is 0.230. The number of nitrogens with two attached hydrogens (primary N) is 1. The van der Waals surface area contributed by atoms with Crippen LogP contribution in [0, 0.1) is 17.1 Å². The van der Waals surface area contributed by atoms with Gasteiger partial charge < -0.3 is 16.0 Å². The van der Waals surface area contributed by atoms with Gasteiger partial charge in [-0.05, 0) is 42.2 Å². The second-order valence-corrected chi connectivity index (χ2v) is 10.8. The van der Waals surface area contributed by atoms with Gasteiger partial charge in [0.15, 0.2) is 5.69 Å². The molecule has 1 saturated heterocycles. The summed E-state index contributed by atoms with van der Waals surface area (Å²) in [6.07, 6.45) is 3.19. The first-order valence-electron chi connectivity index (χ1n) is 13.3. The molecule has 2 fully saturated rings. The maximum Gasteiger partial charge on any atom is 0.269 e. The second-order valence-electron chi connectivity index (χ2n) is 10.8. The number of aromatic nitrogens is 4. The molecule has 1 amide bonds. The van der Waals surface area contributed by atoms with Crippen molar-refractivity contribution in [2.24, 2.45) is 11.7 Å². The van der Waals surface area contributed by atoms with Crippen molar-refractivity contribution in [2.45, 2.75) is 44.1 Å². The smallest absolute Gasteiger partial charge is 0.269 e. The molecule has 206 valence electrons. The van der Waals surface area contributed by atoms with Gasteiger partial charge in [-0.25, -0.2) is 8.78 Å². The Morgan fingerprint density at radius 3 is 2.70 bits per heavy atom. The third-order valence-electron chi connectivity index (χ3n) is 8.23. The molecule has 4 unspecified atom stereocenters. The minimum absolute atomic E-state index is 0.0397. The summed E-state index contributed by atoms with van der Waals surface area (Å²) in [6, 6.07) is 13.8. The van der Waals surface area contributed by atoms with Crippen LogP contribution < -0.4 is 11.1 Å². The highest BCUT2D eigenvalue weighted by atomic mass is 19.1. The first-order valence-corrected chi connectivity index (χ1v) is 13.3. The van der Waals surface area contributed by atoms with E-state index in [1.807, 2.05) is 30.3 Å². The summed E-state index contributed by atoms with van der Waals surface area (Å²) in [5, 5.41) is 25.1. The minimum atomic E-state index is -1.08. The van der Waals surface area contributed by atoms with Crippen LogP contribution in [0.25, 0.3) is 22.0 Å². The van der Waals surface area contributed by atoms with Gasteiger partial charge in [-0.1, -0.05) is 31.2 Å². The van der Waals surface area contributed by atoms with Crippen molar-refractivity contribution in [3.8, 4) is 11.1 Å². The Morgan fingerprint density at radius 1 is 1.20 bits per heavy atom. The number of nitrogens with one attached hydrogen (secondary N) is 2. The van der Waals surface area contributed by atoms with Crippen molar-refractivity contribution in [2.75, 3.05) is 13.1 Å². The predicted octanol–water partition coefficient (Wildman–Crippen LogP) is 3.65. The lowest BCUT2D eigenvalue weighted by Gasteiger charge is -2.29. The largest absolute Gasteiger partial charge is 0.364 e. The highest BCUT2D eigenvalue weighted by Crippen LogP contribution is 2.52. The molecule has 2 aliphatic rings. The molecule has 9 nitrogen and oxygen atoms in total. The Balaban J connectivity index is 1.22. The lowest BCUT2D eigenvalue weighted by molar-refractivity contribution is 0.0996. The van der Waals surface area contributed by atoms with E-state index in [4.69, 9.17) is 11.1 Å². The fourth-order valence-corrected chi connectivity index (χ4v) is 6.00. The number of hydrogen-bond donors (Lipinski definition) is 3. The third kappa shape index (κ3) is 4.60. The second kappa shape index (κ2) is 10.1. The monoisotopic (exact) mass is 544 g/mol. The first-order chi connectivity index (χ1) is 19.3. The molecule has 4 N–H and O–H groups in total. The van der Waals surface area contributed by atoms with Crippen molar-refractivity contribution in [1.82, 2.24) is 30.2 Å². The number of rotatable bonds is 8. The molecular formula is C29H30F2N8O. The minimum Gasteiger partial charge on any atom is -0.364 e. The zero-order valence-corrected chi connectivity index (χ0v) is 22.0. The molecule has 3 heterocycles. The number of amidine groups is 1. The number of likely N-dealkylation sites (tertiary alicyclic amines) is 1. The van der Waals surface area contributed by atoms with E-state index in [0.717, 1.165) is 17.5 Å². The zero-order valence-electron chi connectivity index (χ0n) is 22.0. The van der Waals surface area contributed by atoms with Gasteiger partial charge in [-0.3, -0.25) is 14.9 Å². The molecular weight excluding hydrogens is 514 g/mol. The number of carbonyl (C=O) groups is 1. The predicted molar refractivity (Wildman–Crippen MR) is 147 cm³/mol. The van der Waals surface area contributed by atoms with Gasteiger partial charge in [-0.15, -0.1) is 0 Å². The number of carbonyl (C=O) groups excluding carboxylic acids is 1. The standard InChI is InChI=1S/C29H30F2N8O/c1-17-12-29(17,23-4-2-3-5-24(23)31)34-14-21-11-20(30)15-38(21)26(32)16-39-25-7-6-18(19-8-9-35-36-13-19)10-22(25)27(37-39)28(33)40/h2-10,13,17,20-21,32,34H,11-12,14-16H2,1H3,(H2,33,40). The van der Waals surface area contributed by atoms with Gasteiger partial charge in [-0.2, -0.15) is 15.3 Å². The average Bonchev–Trinajstić information content (AvgIpc) is 3.26.